The Morgan fingerprint density at radius 3 is 2.25 bits per heavy atom. The van der Waals surface area contributed by atoms with Crippen molar-refractivity contribution in [3.63, 3.8) is 0 Å². The predicted molar refractivity (Wildman–Crippen MR) is 65.2 cm³/mol. The second kappa shape index (κ2) is 3.36. The molecule has 1 unspecified atom stereocenters. The Bertz CT molecular complexity index is 468. The minimum Gasteiger partial charge on any atom is -0.458 e. The molecule has 16 heavy (non-hydrogen) atoms. The summed E-state index contributed by atoms with van der Waals surface area (Å²) in [4.78, 5) is 0. The molecule has 1 atom stereocenters. The molecule has 1 aromatic carbocycles. The highest BCUT2D eigenvalue weighted by Crippen LogP contribution is 2.40. The van der Waals surface area contributed by atoms with E-state index < -0.39 is 5.60 Å². The molecule has 2 rings (SSSR count). The molecule has 0 spiro atoms. The Hall–Kier alpha value is -1.28. The molecule has 0 aliphatic rings. The number of fused-ring (bicyclic) bond motifs is 1. The average molecular weight is 218 g/mol. The molecule has 0 saturated heterocycles. The number of benzene rings is 1. The number of aliphatic hydroxyl groups is 1. The minimum absolute atomic E-state index is 0.263. The normalized spacial score (nSPS) is 16.3. The van der Waals surface area contributed by atoms with Crippen LogP contribution in [0.25, 0.3) is 11.0 Å². The van der Waals surface area contributed by atoms with E-state index in [1.807, 2.05) is 51.1 Å². The van der Waals surface area contributed by atoms with Gasteiger partial charge >= 0.3 is 0 Å². The SMILES string of the molecule is CC(C)(C)C(C)(O)c1cc2ccccc2o1. The van der Waals surface area contributed by atoms with E-state index in [9.17, 15) is 5.11 Å². The number of rotatable bonds is 1. The van der Waals surface area contributed by atoms with Crippen LogP contribution in [0.4, 0.5) is 0 Å². The maximum absolute atomic E-state index is 10.5. The summed E-state index contributed by atoms with van der Waals surface area (Å²) in [6, 6.07) is 9.72. The molecule has 0 aliphatic carbocycles. The fourth-order valence-corrected chi connectivity index (χ4v) is 1.59. The lowest BCUT2D eigenvalue weighted by molar-refractivity contribution is -0.0627. The number of hydrogen-bond donors (Lipinski definition) is 1. The van der Waals surface area contributed by atoms with Gasteiger partial charge in [-0.1, -0.05) is 39.0 Å². The van der Waals surface area contributed by atoms with Crippen molar-refractivity contribution in [3.05, 3.63) is 36.1 Å². The van der Waals surface area contributed by atoms with Gasteiger partial charge in [0.15, 0.2) is 0 Å². The molecule has 0 amide bonds. The molecule has 0 saturated carbocycles. The van der Waals surface area contributed by atoms with Crippen LogP contribution >= 0.6 is 0 Å². The highest BCUT2D eigenvalue weighted by atomic mass is 16.4. The topological polar surface area (TPSA) is 33.4 Å². The number of hydrogen-bond acceptors (Lipinski definition) is 2. The summed E-state index contributed by atoms with van der Waals surface area (Å²) in [7, 11) is 0. The van der Waals surface area contributed by atoms with Gasteiger partial charge in [0.25, 0.3) is 0 Å². The first-order chi connectivity index (χ1) is 7.32. The van der Waals surface area contributed by atoms with Crippen LogP contribution in [0.5, 0.6) is 0 Å². The van der Waals surface area contributed by atoms with Gasteiger partial charge in [-0.05, 0) is 24.5 Å². The van der Waals surface area contributed by atoms with Crippen LogP contribution in [0.2, 0.25) is 0 Å². The minimum atomic E-state index is -0.966. The molecule has 2 aromatic rings. The molecule has 2 heteroatoms. The highest BCUT2D eigenvalue weighted by molar-refractivity contribution is 5.77. The monoisotopic (exact) mass is 218 g/mol. The zero-order valence-electron chi connectivity index (χ0n) is 10.2. The summed E-state index contributed by atoms with van der Waals surface area (Å²) in [5.74, 6) is 0.626. The molecular weight excluding hydrogens is 200 g/mol. The lowest BCUT2D eigenvalue weighted by Gasteiger charge is -2.35. The summed E-state index contributed by atoms with van der Waals surface area (Å²) >= 11 is 0. The smallest absolute Gasteiger partial charge is 0.137 e. The molecule has 1 heterocycles. The summed E-state index contributed by atoms with van der Waals surface area (Å²) in [5, 5.41) is 11.6. The Kier molecular flexibility index (Phi) is 2.35. The van der Waals surface area contributed by atoms with Crippen molar-refractivity contribution in [2.24, 2.45) is 5.41 Å². The summed E-state index contributed by atoms with van der Waals surface area (Å²) in [6.07, 6.45) is 0. The van der Waals surface area contributed by atoms with Crippen LogP contribution < -0.4 is 0 Å². The molecule has 1 N–H and O–H groups in total. The Labute approximate surface area is 95.9 Å². The first kappa shape index (κ1) is 11.2. The second-order valence-electron chi connectivity index (χ2n) is 5.47. The third-order valence-corrected chi connectivity index (χ3v) is 3.37. The average Bonchev–Trinajstić information content (AvgIpc) is 2.59. The van der Waals surface area contributed by atoms with Gasteiger partial charge in [0.05, 0.1) is 0 Å². The first-order valence-electron chi connectivity index (χ1n) is 5.54. The molecule has 0 aliphatic heterocycles. The van der Waals surface area contributed by atoms with E-state index in [-0.39, 0.29) is 5.41 Å². The van der Waals surface area contributed by atoms with Crippen molar-refractivity contribution in [1.29, 1.82) is 0 Å². The molecule has 1 aromatic heterocycles. The largest absolute Gasteiger partial charge is 0.458 e. The molecule has 0 fully saturated rings. The van der Waals surface area contributed by atoms with Crippen LogP contribution in [-0.2, 0) is 5.60 Å². The van der Waals surface area contributed by atoms with E-state index in [1.165, 1.54) is 0 Å². The Balaban J connectivity index is 2.56. The fraction of sp³-hybridized carbons (Fsp3) is 0.429. The van der Waals surface area contributed by atoms with Gasteiger partial charge in [-0.25, -0.2) is 0 Å². The van der Waals surface area contributed by atoms with Crippen molar-refractivity contribution in [3.8, 4) is 0 Å². The molecule has 86 valence electrons. The van der Waals surface area contributed by atoms with E-state index >= 15 is 0 Å². The zero-order chi connectivity index (χ0) is 12.0. The van der Waals surface area contributed by atoms with Crippen molar-refractivity contribution in [2.45, 2.75) is 33.3 Å². The Morgan fingerprint density at radius 2 is 1.69 bits per heavy atom. The van der Waals surface area contributed by atoms with Gasteiger partial charge in [-0.3, -0.25) is 0 Å². The van der Waals surface area contributed by atoms with Gasteiger partial charge in [-0.15, -0.1) is 0 Å². The molecule has 2 nitrogen and oxygen atoms in total. The Morgan fingerprint density at radius 1 is 1.06 bits per heavy atom. The quantitative estimate of drug-likeness (QED) is 0.792. The van der Waals surface area contributed by atoms with Gasteiger partial charge in [-0.2, -0.15) is 0 Å². The van der Waals surface area contributed by atoms with Crippen LogP contribution in [0.3, 0.4) is 0 Å². The van der Waals surface area contributed by atoms with Gasteiger partial charge < -0.3 is 9.52 Å². The maximum Gasteiger partial charge on any atom is 0.137 e. The number of furan rings is 1. The van der Waals surface area contributed by atoms with Crippen molar-refractivity contribution in [2.75, 3.05) is 0 Å². The predicted octanol–water partition coefficient (Wildman–Crippen LogP) is 3.69. The molecule has 0 bridgehead atoms. The molecular formula is C14H18O2. The van der Waals surface area contributed by atoms with E-state index in [1.54, 1.807) is 6.92 Å². The van der Waals surface area contributed by atoms with Crippen molar-refractivity contribution < 1.29 is 9.52 Å². The first-order valence-corrected chi connectivity index (χ1v) is 5.54. The fourth-order valence-electron chi connectivity index (χ4n) is 1.59. The van der Waals surface area contributed by atoms with E-state index in [2.05, 4.69) is 0 Å². The summed E-state index contributed by atoms with van der Waals surface area (Å²) in [5.41, 5.74) is -0.408. The maximum atomic E-state index is 10.5. The van der Waals surface area contributed by atoms with Gasteiger partial charge in [0.1, 0.15) is 16.9 Å². The van der Waals surface area contributed by atoms with E-state index in [4.69, 9.17) is 4.42 Å². The van der Waals surface area contributed by atoms with Gasteiger partial charge in [0.2, 0.25) is 0 Å². The second-order valence-corrected chi connectivity index (χ2v) is 5.47. The summed E-state index contributed by atoms with van der Waals surface area (Å²) in [6.45, 7) is 7.80. The van der Waals surface area contributed by atoms with Crippen LogP contribution in [-0.4, -0.2) is 5.11 Å². The van der Waals surface area contributed by atoms with Crippen LogP contribution in [0, 0.1) is 5.41 Å². The highest BCUT2D eigenvalue weighted by Gasteiger charge is 2.39. The van der Waals surface area contributed by atoms with Crippen LogP contribution in [0.1, 0.15) is 33.5 Å². The lowest BCUT2D eigenvalue weighted by Crippen LogP contribution is -2.36. The van der Waals surface area contributed by atoms with Crippen LogP contribution in [0.15, 0.2) is 34.7 Å². The molecule has 0 radical (unpaired) electrons. The van der Waals surface area contributed by atoms with E-state index in [0.717, 1.165) is 11.0 Å². The summed E-state index contributed by atoms with van der Waals surface area (Å²) < 4.78 is 5.71. The zero-order valence-corrected chi connectivity index (χ0v) is 10.2. The third kappa shape index (κ3) is 1.63. The third-order valence-electron chi connectivity index (χ3n) is 3.37. The van der Waals surface area contributed by atoms with Crippen molar-refractivity contribution >= 4 is 11.0 Å². The lowest BCUT2D eigenvalue weighted by atomic mass is 9.76. The number of para-hydroxylation sites is 1. The van der Waals surface area contributed by atoms with Gasteiger partial charge in [0, 0.05) is 5.39 Å². The standard InChI is InChI=1S/C14H18O2/c1-13(2,3)14(4,15)12-9-10-7-5-6-8-11(10)16-12/h5-9,15H,1-4H3. The van der Waals surface area contributed by atoms with E-state index in [0.29, 0.717) is 5.76 Å². The van der Waals surface area contributed by atoms with Crippen molar-refractivity contribution in [1.82, 2.24) is 0 Å².